The molecule has 3 aromatic carbocycles. The van der Waals surface area contributed by atoms with Crippen molar-refractivity contribution >= 4 is 20.9 Å². The Morgan fingerprint density at radius 2 is 1.42 bits per heavy atom. The lowest BCUT2D eigenvalue weighted by Crippen LogP contribution is -2.14. The number of halogens is 5. The Morgan fingerprint density at radius 3 is 2.13 bits per heavy atom. The Bertz CT molecular complexity index is 1070. The largest absolute Gasteiger partial charge is 0.559 e. The Balaban J connectivity index is 0.000000614. The van der Waals surface area contributed by atoms with Crippen molar-refractivity contribution in [2.24, 2.45) is 0 Å². The normalized spacial score (nSPS) is 11.5. The van der Waals surface area contributed by atoms with Crippen molar-refractivity contribution in [3.05, 3.63) is 66.7 Å². The third kappa shape index (κ3) is 9.20. The zero-order valence-electron chi connectivity index (χ0n) is 16.1. The molecule has 0 aliphatic rings. The summed E-state index contributed by atoms with van der Waals surface area (Å²) >= 11 is 0. The van der Waals surface area contributed by atoms with E-state index in [0.29, 0.717) is 11.5 Å². The van der Waals surface area contributed by atoms with Crippen LogP contribution >= 0.6 is 0 Å². The summed E-state index contributed by atoms with van der Waals surface area (Å²) < 4.78 is 85.7. The molecule has 0 amide bonds. The Morgan fingerprint density at radius 1 is 0.806 bits per heavy atom. The molecule has 0 unspecified atom stereocenters. The maximum absolute atomic E-state index is 12.1. The Kier molecular flexibility index (Phi) is 8.61. The third-order valence-corrected chi connectivity index (χ3v) is 5.02. The molecule has 0 radical (unpaired) electrons. The highest BCUT2D eigenvalue weighted by Gasteiger charge is 2.24. The lowest BCUT2D eigenvalue weighted by Gasteiger charge is -2.11. The SMILES string of the molecule is FC(F)(F)F.O=S(=O)(CCCCF)Oc1cccc(Oc2cccc3ccccc23)c1. The van der Waals surface area contributed by atoms with Gasteiger partial charge in [0.2, 0.25) is 0 Å². The maximum atomic E-state index is 12.1. The zero-order chi connectivity index (χ0) is 22.9. The average Bonchev–Trinajstić information content (AvgIpc) is 2.67. The minimum Gasteiger partial charge on any atom is -0.457 e. The molecule has 31 heavy (non-hydrogen) atoms. The summed E-state index contributed by atoms with van der Waals surface area (Å²) in [5, 5.41) is 2.01. The van der Waals surface area contributed by atoms with Crippen LogP contribution in [0.2, 0.25) is 0 Å². The van der Waals surface area contributed by atoms with Gasteiger partial charge in [0.15, 0.2) is 0 Å². The van der Waals surface area contributed by atoms with Crippen molar-refractivity contribution in [2.45, 2.75) is 19.3 Å². The molecule has 0 aliphatic heterocycles. The molecule has 0 saturated carbocycles. The van der Waals surface area contributed by atoms with E-state index in [0.717, 1.165) is 10.8 Å². The van der Waals surface area contributed by atoms with E-state index >= 15 is 0 Å². The molecule has 0 bridgehead atoms. The average molecular weight is 462 g/mol. The minimum atomic E-state index is -5.50. The van der Waals surface area contributed by atoms with E-state index in [2.05, 4.69) is 0 Å². The molecule has 168 valence electrons. The van der Waals surface area contributed by atoms with Gasteiger partial charge >= 0.3 is 16.5 Å². The van der Waals surface area contributed by atoms with Crippen LogP contribution < -0.4 is 8.92 Å². The molecule has 0 atom stereocenters. The van der Waals surface area contributed by atoms with Gasteiger partial charge in [-0.05, 0) is 36.4 Å². The minimum absolute atomic E-state index is 0.169. The molecule has 0 fully saturated rings. The van der Waals surface area contributed by atoms with Crippen LogP contribution in [0.4, 0.5) is 22.0 Å². The molecule has 0 saturated heterocycles. The summed E-state index contributed by atoms with van der Waals surface area (Å²) in [6.45, 7) is -0.538. The Labute approximate surface area is 176 Å². The van der Waals surface area contributed by atoms with Crippen molar-refractivity contribution in [3.63, 3.8) is 0 Å². The van der Waals surface area contributed by atoms with Crippen LogP contribution in [0.3, 0.4) is 0 Å². The highest BCUT2D eigenvalue weighted by Crippen LogP contribution is 2.31. The first kappa shape index (κ1) is 24.4. The van der Waals surface area contributed by atoms with Crippen LogP contribution in [0.15, 0.2) is 66.7 Å². The Hall–Kier alpha value is -2.88. The fourth-order valence-electron chi connectivity index (χ4n) is 2.56. The van der Waals surface area contributed by atoms with Gasteiger partial charge in [-0.1, -0.05) is 42.5 Å². The van der Waals surface area contributed by atoms with E-state index in [1.54, 1.807) is 18.2 Å². The van der Waals surface area contributed by atoms with Gasteiger partial charge in [-0.3, -0.25) is 4.39 Å². The molecule has 0 aromatic heterocycles. The van der Waals surface area contributed by atoms with E-state index in [4.69, 9.17) is 8.92 Å². The fraction of sp³-hybridized carbons (Fsp3) is 0.238. The van der Waals surface area contributed by atoms with Crippen LogP contribution in [-0.4, -0.2) is 27.3 Å². The van der Waals surface area contributed by atoms with Gasteiger partial charge in [-0.25, -0.2) is 0 Å². The van der Waals surface area contributed by atoms with Crippen LogP contribution in [0, 0.1) is 0 Å². The third-order valence-electron chi connectivity index (χ3n) is 3.78. The second-order valence-corrected chi connectivity index (χ2v) is 7.91. The van der Waals surface area contributed by atoms with Crippen molar-refractivity contribution < 1.29 is 39.3 Å². The fourth-order valence-corrected chi connectivity index (χ4v) is 3.60. The molecule has 0 aliphatic carbocycles. The van der Waals surface area contributed by atoms with Gasteiger partial charge < -0.3 is 8.92 Å². The predicted molar refractivity (Wildman–Crippen MR) is 107 cm³/mol. The first-order valence-electron chi connectivity index (χ1n) is 9.07. The first-order valence-corrected chi connectivity index (χ1v) is 10.6. The number of rotatable bonds is 8. The summed E-state index contributed by atoms with van der Waals surface area (Å²) in [6.07, 6.45) is -5.07. The predicted octanol–water partition coefficient (Wildman–Crippen LogP) is 6.57. The van der Waals surface area contributed by atoms with Gasteiger partial charge in [0, 0.05) is 11.5 Å². The zero-order valence-corrected chi connectivity index (χ0v) is 16.9. The van der Waals surface area contributed by atoms with E-state index < -0.39 is 23.2 Å². The molecule has 10 heteroatoms. The summed E-state index contributed by atoms with van der Waals surface area (Å²) in [5.74, 6) is 1.09. The van der Waals surface area contributed by atoms with Gasteiger partial charge in [-0.2, -0.15) is 8.42 Å². The highest BCUT2D eigenvalue weighted by molar-refractivity contribution is 7.87. The van der Waals surface area contributed by atoms with Gasteiger partial charge in [0.05, 0.1) is 12.4 Å². The summed E-state index contributed by atoms with van der Waals surface area (Å²) in [6, 6.07) is 20.0. The molecule has 0 spiro atoms. The molecular formula is C21H19F5O4S. The van der Waals surface area contributed by atoms with E-state index in [-0.39, 0.29) is 24.3 Å². The van der Waals surface area contributed by atoms with Crippen LogP contribution in [0.25, 0.3) is 10.8 Å². The van der Waals surface area contributed by atoms with Crippen molar-refractivity contribution in [3.8, 4) is 17.2 Å². The second-order valence-electron chi connectivity index (χ2n) is 6.22. The molecular weight excluding hydrogens is 443 g/mol. The second kappa shape index (κ2) is 10.9. The van der Waals surface area contributed by atoms with E-state index in [1.165, 1.54) is 6.07 Å². The number of alkyl halides is 5. The van der Waals surface area contributed by atoms with E-state index in [1.807, 2.05) is 42.5 Å². The smallest absolute Gasteiger partial charge is 0.457 e. The summed E-state index contributed by atoms with van der Waals surface area (Å²) in [5.41, 5.74) is 0. The number of unbranched alkanes of at least 4 members (excludes halogenated alkanes) is 1. The molecule has 3 aromatic rings. The number of hydrogen-bond donors (Lipinski definition) is 0. The number of benzene rings is 3. The monoisotopic (exact) mass is 462 g/mol. The standard InChI is InChI=1S/C20H19FO4S.CF4/c21-13-3-4-14-26(22,23)25-18-10-6-9-17(15-18)24-20-12-5-8-16-7-1-2-11-19(16)20;2-1(3,4)5/h1-2,5-12,15H,3-4,13-14H2;. The van der Waals surface area contributed by atoms with Crippen molar-refractivity contribution in [2.75, 3.05) is 12.4 Å². The van der Waals surface area contributed by atoms with Crippen molar-refractivity contribution in [1.29, 1.82) is 0 Å². The highest BCUT2D eigenvalue weighted by atomic mass is 32.2. The van der Waals surface area contributed by atoms with Gasteiger partial charge in [-0.15, -0.1) is 17.6 Å². The number of fused-ring (bicyclic) bond motifs is 1. The maximum Gasteiger partial charge on any atom is 0.559 e. The molecule has 3 rings (SSSR count). The lowest BCUT2D eigenvalue weighted by molar-refractivity contribution is -0.237. The first-order chi connectivity index (χ1) is 14.6. The lowest BCUT2D eigenvalue weighted by atomic mass is 10.1. The number of hydrogen-bond acceptors (Lipinski definition) is 4. The van der Waals surface area contributed by atoms with Crippen LogP contribution in [-0.2, 0) is 10.1 Å². The summed E-state index contributed by atoms with van der Waals surface area (Å²) in [4.78, 5) is 0. The molecule has 4 nitrogen and oxygen atoms in total. The van der Waals surface area contributed by atoms with Crippen molar-refractivity contribution in [1.82, 2.24) is 0 Å². The van der Waals surface area contributed by atoms with Crippen LogP contribution in [0.1, 0.15) is 12.8 Å². The van der Waals surface area contributed by atoms with Gasteiger partial charge in [0.25, 0.3) is 0 Å². The quantitative estimate of drug-likeness (QED) is 0.216. The summed E-state index contributed by atoms with van der Waals surface area (Å²) in [7, 11) is -3.75. The topological polar surface area (TPSA) is 52.6 Å². The van der Waals surface area contributed by atoms with E-state index in [9.17, 15) is 30.4 Å². The molecule has 0 heterocycles. The van der Waals surface area contributed by atoms with Crippen LogP contribution in [0.5, 0.6) is 17.2 Å². The molecule has 0 N–H and O–H groups in total. The van der Waals surface area contributed by atoms with Gasteiger partial charge in [0.1, 0.15) is 17.2 Å². The number of ether oxygens (including phenoxy) is 1.